The van der Waals surface area contributed by atoms with Crippen molar-refractivity contribution in [3.05, 3.63) is 59.4 Å². The first-order chi connectivity index (χ1) is 11.4. The summed E-state index contributed by atoms with van der Waals surface area (Å²) in [6.45, 7) is 3.71. The van der Waals surface area contributed by atoms with Gasteiger partial charge in [0.1, 0.15) is 5.82 Å². The summed E-state index contributed by atoms with van der Waals surface area (Å²) in [6.07, 6.45) is 0.853. The van der Waals surface area contributed by atoms with Gasteiger partial charge in [-0.05, 0) is 61.7 Å². The van der Waals surface area contributed by atoms with Crippen LogP contribution in [0.4, 0.5) is 15.8 Å². The molecule has 0 saturated heterocycles. The lowest BCUT2D eigenvalue weighted by atomic mass is 9.86. The lowest BCUT2D eigenvalue weighted by Crippen LogP contribution is -2.26. The Morgan fingerprint density at radius 2 is 1.88 bits per heavy atom. The fraction of sp³-hybridized carbons (Fsp3) is 0.263. The molecule has 0 radical (unpaired) electrons. The van der Waals surface area contributed by atoms with Crippen molar-refractivity contribution < 1.29 is 14.0 Å². The number of anilines is 2. The van der Waals surface area contributed by atoms with Gasteiger partial charge in [0.2, 0.25) is 11.8 Å². The summed E-state index contributed by atoms with van der Waals surface area (Å²) in [5, 5.41) is 5.69. The second kappa shape index (κ2) is 6.07. The predicted molar refractivity (Wildman–Crippen MR) is 91.4 cm³/mol. The highest BCUT2D eigenvalue weighted by molar-refractivity contribution is 6.06. The van der Waals surface area contributed by atoms with E-state index >= 15 is 0 Å². The van der Waals surface area contributed by atoms with Crippen LogP contribution < -0.4 is 10.6 Å². The maximum Gasteiger partial charge on any atom is 0.234 e. The van der Waals surface area contributed by atoms with Gasteiger partial charge < -0.3 is 10.6 Å². The summed E-state index contributed by atoms with van der Waals surface area (Å²) in [6, 6.07) is 11.5. The molecule has 0 unspecified atom stereocenters. The van der Waals surface area contributed by atoms with Gasteiger partial charge in [0.05, 0.1) is 5.41 Å². The molecule has 1 aliphatic heterocycles. The zero-order valence-corrected chi connectivity index (χ0v) is 13.7. The first-order valence-electron chi connectivity index (χ1n) is 7.86. The molecule has 2 aromatic rings. The van der Waals surface area contributed by atoms with E-state index in [-0.39, 0.29) is 17.6 Å². The van der Waals surface area contributed by atoms with Crippen molar-refractivity contribution in [3.8, 4) is 0 Å². The summed E-state index contributed by atoms with van der Waals surface area (Å²) in [5.41, 5.74) is 2.64. The zero-order valence-electron chi connectivity index (χ0n) is 13.7. The van der Waals surface area contributed by atoms with Gasteiger partial charge in [0.25, 0.3) is 0 Å². The van der Waals surface area contributed by atoms with E-state index in [1.807, 2.05) is 19.9 Å². The summed E-state index contributed by atoms with van der Waals surface area (Å²) >= 11 is 0. The summed E-state index contributed by atoms with van der Waals surface area (Å²) < 4.78 is 12.9. The molecule has 124 valence electrons. The Balaban J connectivity index is 1.64. The SMILES string of the molecule is CC1(C)C(=O)Nc2ccc(NC(=O)CCc3ccc(F)cc3)cc21. The van der Waals surface area contributed by atoms with Gasteiger partial charge >= 0.3 is 0 Å². The minimum absolute atomic E-state index is 0.0442. The quantitative estimate of drug-likeness (QED) is 0.901. The van der Waals surface area contributed by atoms with E-state index in [0.717, 1.165) is 16.8 Å². The number of fused-ring (bicyclic) bond motifs is 1. The number of carbonyl (C=O) groups is 2. The number of hydrogen-bond acceptors (Lipinski definition) is 2. The number of amides is 2. The van der Waals surface area contributed by atoms with Crippen LogP contribution in [0.25, 0.3) is 0 Å². The molecule has 0 atom stereocenters. The standard InChI is InChI=1S/C19H19FN2O2/c1-19(2)15-11-14(8-9-16(15)22-18(19)24)21-17(23)10-5-12-3-6-13(20)7-4-12/h3-4,6-9,11H,5,10H2,1-2H3,(H,21,23)(H,22,24). The van der Waals surface area contributed by atoms with E-state index < -0.39 is 5.41 Å². The molecule has 5 heteroatoms. The van der Waals surface area contributed by atoms with Crippen LogP contribution in [-0.4, -0.2) is 11.8 Å². The van der Waals surface area contributed by atoms with Crippen LogP contribution in [0.3, 0.4) is 0 Å². The third kappa shape index (κ3) is 3.15. The first kappa shape index (κ1) is 16.2. The fourth-order valence-corrected chi connectivity index (χ4v) is 2.78. The van der Waals surface area contributed by atoms with Crippen LogP contribution in [0.15, 0.2) is 42.5 Å². The average Bonchev–Trinajstić information content (AvgIpc) is 2.77. The second-order valence-electron chi connectivity index (χ2n) is 6.51. The van der Waals surface area contributed by atoms with Gasteiger partial charge in [0, 0.05) is 17.8 Å². The minimum atomic E-state index is -0.607. The zero-order chi connectivity index (χ0) is 17.3. The Morgan fingerprint density at radius 1 is 1.17 bits per heavy atom. The van der Waals surface area contributed by atoms with Gasteiger partial charge in [-0.1, -0.05) is 12.1 Å². The average molecular weight is 326 g/mol. The number of benzene rings is 2. The largest absolute Gasteiger partial charge is 0.326 e. The number of rotatable bonds is 4. The Morgan fingerprint density at radius 3 is 2.58 bits per heavy atom. The Labute approximate surface area is 140 Å². The van der Waals surface area contributed by atoms with Gasteiger partial charge in [-0.15, -0.1) is 0 Å². The Hall–Kier alpha value is -2.69. The molecule has 1 heterocycles. The molecule has 0 spiro atoms. The molecular weight excluding hydrogens is 307 g/mol. The highest BCUT2D eigenvalue weighted by Crippen LogP contribution is 2.38. The van der Waals surface area contributed by atoms with Crippen LogP contribution in [0.5, 0.6) is 0 Å². The third-order valence-electron chi connectivity index (χ3n) is 4.35. The van der Waals surface area contributed by atoms with Crippen molar-refractivity contribution in [1.82, 2.24) is 0 Å². The summed E-state index contributed by atoms with van der Waals surface area (Å²) in [4.78, 5) is 24.1. The van der Waals surface area contributed by atoms with Crippen LogP contribution in [0.1, 0.15) is 31.4 Å². The Kier molecular flexibility index (Phi) is 4.09. The molecule has 2 amide bonds. The molecule has 0 bridgehead atoms. The van der Waals surface area contributed by atoms with Crippen molar-refractivity contribution in [2.24, 2.45) is 0 Å². The lowest BCUT2D eigenvalue weighted by Gasteiger charge is -2.16. The molecule has 0 aromatic heterocycles. The first-order valence-corrected chi connectivity index (χ1v) is 7.86. The molecule has 4 nitrogen and oxygen atoms in total. The van der Waals surface area contributed by atoms with E-state index in [1.54, 1.807) is 24.3 Å². The molecular formula is C19H19FN2O2. The van der Waals surface area contributed by atoms with Crippen LogP contribution in [-0.2, 0) is 21.4 Å². The lowest BCUT2D eigenvalue weighted by molar-refractivity contribution is -0.119. The monoisotopic (exact) mass is 326 g/mol. The van der Waals surface area contributed by atoms with E-state index in [1.165, 1.54) is 12.1 Å². The molecule has 3 rings (SSSR count). The third-order valence-corrected chi connectivity index (χ3v) is 4.35. The van der Waals surface area contributed by atoms with Crippen molar-refractivity contribution in [3.63, 3.8) is 0 Å². The molecule has 24 heavy (non-hydrogen) atoms. The van der Waals surface area contributed by atoms with E-state index in [2.05, 4.69) is 10.6 Å². The number of aryl methyl sites for hydroxylation is 1. The maximum atomic E-state index is 12.9. The molecule has 2 N–H and O–H groups in total. The topological polar surface area (TPSA) is 58.2 Å². The minimum Gasteiger partial charge on any atom is -0.326 e. The molecule has 1 aliphatic rings. The number of hydrogen-bond donors (Lipinski definition) is 2. The van der Waals surface area contributed by atoms with Crippen LogP contribution >= 0.6 is 0 Å². The summed E-state index contributed by atoms with van der Waals surface area (Å²) in [7, 11) is 0. The number of carbonyl (C=O) groups excluding carboxylic acids is 2. The van der Waals surface area contributed by atoms with Crippen LogP contribution in [0, 0.1) is 5.82 Å². The molecule has 0 aliphatic carbocycles. The second-order valence-corrected chi connectivity index (χ2v) is 6.51. The van der Waals surface area contributed by atoms with E-state index in [9.17, 15) is 14.0 Å². The van der Waals surface area contributed by atoms with Crippen molar-refractivity contribution in [2.45, 2.75) is 32.1 Å². The normalized spacial score (nSPS) is 14.9. The van der Waals surface area contributed by atoms with Gasteiger partial charge in [-0.3, -0.25) is 9.59 Å². The van der Waals surface area contributed by atoms with Gasteiger partial charge in [-0.25, -0.2) is 4.39 Å². The maximum absolute atomic E-state index is 12.9. The summed E-state index contributed by atoms with van der Waals surface area (Å²) in [5.74, 6) is -0.446. The fourth-order valence-electron chi connectivity index (χ4n) is 2.78. The van der Waals surface area contributed by atoms with Crippen molar-refractivity contribution >= 4 is 23.2 Å². The van der Waals surface area contributed by atoms with E-state index in [0.29, 0.717) is 18.5 Å². The highest BCUT2D eigenvalue weighted by atomic mass is 19.1. The molecule has 2 aromatic carbocycles. The van der Waals surface area contributed by atoms with Crippen molar-refractivity contribution in [2.75, 3.05) is 10.6 Å². The molecule has 0 fully saturated rings. The predicted octanol–water partition coefficient (Wildman–Crippen LogP) is 3.63. The number of halogens is 1. The smallest absolute Gasteiger partial charge is 0.234 e. The van der Waals surface area contributed by atoms with Crippen LogP contribution in [0.2, 0.25) is 0 Å². The number of nitrogens with one attached hydrogen (secondary N) is 2. The highest BCUT2D eigenvalue weighted by Gasteiger charge is 2.38. The Bertz CT molecular complexity index is 798. The van der Waals surface area contributed by atoms with Gasteiger partial charge in [-0.2, -0.15) is 0 Å². The van der Waals surface area contributed by atoms with Gasteiger partial charge in [0.15, 0.2) is 0 Å². The van der Waals surface area contributed by atoms with E-state index in [4.69, 9.17) is 0 Å². The van der Waals surface area contributed by atoms with Crippen molar-refractivity contribution in [1.29, 1.82) is 0 Å². The molecule has 0 saturated carbocycles.